The van der Waals surface area contributed by atoms with Crippen molar-refractivity contribution >= 4 is 5.82 Å². The third kappa shape index (κ3) is 2.35. The van der Waals surface area contributed by atoms with Crippen LogP contribution in [0.2, 0.25) is 0 Å². The minimum absolute atomic E-state index is 0.768. The van der Waals surface area contributed by atoms with Gasteiger partial charge in [-0.15, -0.1) is 0 Å². The van der Waals surface area contributed by atoms with Crippen molar-refractivity contribution in [3.8, 4) is 0 Å². The highest BCUT2D eigenvalue weighted by Crippen LogP contribution is 2.23. The lowest BCUT2D eigenvalue weighted by Gasteiger charge is -2.24. The summed E-state index contributed by atoms with van der Waals surface area (Å²) in [4.78, 5) is 6.93. The molecule has 16 heavy (non-hydrogen) atoms. The average molecular weight is 219 g/mol. The highest BCUT2D eigenvalue weighted by Gasteiger charge is 2.23. The third-order valence-electron chi connectivity index (χ3n) is 3.47. The molecule has 0 aromatic carbocycles. The Bertz CT molecular complexity index is 338. The molecule has 0 aliphatic carbocycles. The number of nitrogens with one attached hydrogen (secondary N) is 1. The summed E-state index contributed by atoms with van der Waals surface area (Å²) in [6.07, 6.45) is 5.80. The van der Waals surface area contributed by atoms with Gasteiger partial charge in [0.1, 0.15) is 5.82 Å². The van der Waals surface area contributed by atoms with E-state index < -0.39 is 0 Å². The van der Waals surface area contributed by atoms with Gasteiger partial charge in [-0.2, -0.15) is 0 Å². The Hall–Kier alpha value is -1.09. The van der Waals surface area contributed by atoms with Crippen LogP contribution in [0.4, 0.5) is 5.82 Å². The number of hydrogen-bond acceptors (Lipinski definition) is 3. The van der Waals surface area contributed by atoms with Crippen molar-refractivity contribution in [2.24, 2.45) is 0 Å². The Labute approximate surface area is 97.9 Å². The van der Waals surface area contributed by atoms with Crippen LogP contribution >= 0.6 is 0 Å². The van der Waals surface area contributed by atoms with Crippen molar-refractivity contribution in [1.29, 1.82) is 0 Å². The molecular weight excluding hydrogens is 198 g/mol. The fourth-order valence-electron chi connectivity index (χ4n) is 2.58. The summed E-state index contributed by atoms with van der Waals surface area (Å²) in [5.41, 5.74) is 1.31. The molecular formula is C13H21N3. The van der Waals surface area contributed by atoms with E-state index in [1.165, 1.54) is 31.4 Å². The van der Waals surface area contributed by atoms with Crippen molar-refractivity contribution in [3.05, 3.63) is 23.9 Å². The molecule has 0 bridgehead atoms. The minimum Gasteiger partial charge on any atom is -0.373 e. The van der Waals surface area contributed by atoms with Gasteiger partial charge in [0.15, 0.2) is 0 Å². The predicted octanol–water partition coefficient (Wildman–Crippen LogP) is 2.50. The first kappa shape index (κ1) is 11.4. The zero-order valence-corrected chi connectivity index (χ0v) is 10.2. The molecule has 1 aliphatic heterocycles. The SMILES string of the molecule is CCC1CCCN1Cc1cccnc1NC. The molecule has 1 aliphatic rings. The Morgan fingerprint density at radius 3 is 3.19 bits per heavy atom. The molecule has 88 valence electrons. The Morgan fingerprint density at radius 2 is 2.44 bits per heavy atom. The molecule has 1 saturated heterocycles. The van der Waals surface area contributed by atoms with Gasteiger partial charge in [-0.3, -0.25) is 4.90 Å². The topological polar surface area (TPSA) is 28.2 Å². The summed E-state index contributed by atoms with van der Waals surface area (Å²) >= 11 is 0. The number of pyridine rings is 1. The van der Waals surface area contributed by atoms with Crippen molar-refractivity contribution < 1.29 is 0 Å². The van der Waals surface area contributed by atoms with Gasteiger partial charge in [0, 0.05) is 31.4 Å². The maximum atomic E-state index is 4.35. The number of likely N-dealkylation sites (tertiary alicyclic amines) is 1. The lowest BCUT2D eigenvalue weighted by atomic mass is 10.1. The van der Waals surface area contributed by atoms with E-state index in [0.717, 1.165) is 18.4 Å². The average Bonchev–Trinajstić information content (AvgIpc) is 2.77. The standard InChI is InChI=1S/C13H21N3/c1-3-12-7-5-9-16(12)10-11-6-4-8-15-13(11)14-2/h4,6,8,12H,3,5,7,9-10H2,1-2H3,(H,14,15). The molecule has 0 amide bonds. The van der Waals surface area contributed by atoms with Crippen LogP contribution in [-0.2, 0) is 6.54 Å². The molecule has 2 heterocycles. The lowest BCUT2D eigenvalue weighted by Crippen LogP contribution is -2.28. The highest BCUT2D eigenvalue weighted by molar-refractivity contribution is 5.42. The molecule has 1 aromatic rings. The zero-order valence-electron chi connectivity index (χ0n) is 10.2. The van der Waals surface area contributed by atoms with Crippen LogP contribution in [0.25, 0.3) is 0 Å². The summed E-state index contributed by atoms with van der Waals surface area (Å²) in [7, 11) is 1.94. The van der Waals surface area contributed by atoms with Gasteiger partial charge in [-0.25, -0.2) is 4.98 Å². The first-order chi connectivity index (χ1) is 7.85. The summed E-state index contributed by atoms with van der Waals surface area (Å²) < 4.78 is 0. The van der Waals surface area contributed by atoms with E-state index >= 15 is 0 Å². The molecule has 1 aromatic heterocycles. The molecule has 0 spiro atoms. The van der Waals surface area contributed by atoms with Crippen LogP contribution in [0.5, 0.6) is 0 Å². The largest absolute Gasteiger partial charge is 0.373 e. The number of hydrogen-bond donors (Lipinski definition) is 1. The maximum absolute atomic E-state index is 4.35. The van der Waals surface area contributed by atoms with Crippen LogP contribution < -0.4 is 5.32 Å². The van der Waals surface area contributed by atoms with E-state index in [1.54, 1.807) is 0 Å². The Morgan fingerprint density at radius 1 is 1.56 bits per heavy atom. The predicted molar refractivity (Wildman–Crippen MR) is 67.5 cm³/mol. The van der Waals surface area contributed by atoms with Crippen LogP contribution in [0, 0.1) is 0 Å². The van der Waals surface area contributed by atoms with E-state index in [2.05, 4.69) is 28.2 Å². The quantitative estimate of drug-likeness (QED) is 0.843. The molecule has 3 nitrogen and oxygen atoms in total. The van der Waals surface area contributed by atoms with Crippen molar-refractivity contribution in [1.82, 2.24) is 9.88 Å². The Kier molecular flexibility index (Phi) is 3.78. The highest BCUT2D eigenvalue weighted by atomic mass is 15.2. The fourth-order valence-corrected chi connectivity index (χ4v) is 2.58. The first-order valence-electron chi connectivity index (χ1n) is 6.20. The first-order valence-corrected chi connectivity index (χ1v) is 6.20. The Balaban J connectivity index is 2.08. The second-order valence-corrected chi connectivity index (χ2v) is 4.44. The normalized spacial score (nSPS) is 21.2. The molecule has 1 unspecified atom stereocenters. The van der Waals surface area contributed by atoms with Crippen molar-refractivity contribution in [2.45, 2.75) is 38.8 Å². The second-order valence-electron chi connectivity index (χ2n) is 4.44. The molecule has 0 saturated carbocycles. The van der Waals surface area contributed by atoms with Crippen molar-refractivity contribution in [3.63, 3.8) is 0 Å². The summed E-state index contributed by atoms with van der Waals surface area (Å²) in [6, 6.07) is 4.96. The molecule has 2 rings (SSSR count). The zero-order chi connectivity index (χ0) is 11.4. The van der Waals surface area contributed by atoms with E-state index in [0.29, 0.717) is 0 Å². The van der Waals surface area contributed by atoms with E-state index in [1.807, 2.05) is 19.3 Å². The maximum Gasteiger partial charge on any atom is 0.130 e. The van der Waals surface area contributed by atoms with E-state index in [9.17, 15) is 0 Å². The van der Waals surface area contributed by atoms with Gasteiger partial charge in [-0.1, -0.05) is 13.0 Å². The van der Waals surface area contributed by atoms with Crippen LogP contribution in [0.15, 0.2) is 18.3 Å². The number of aromatic nitrogens is 1. The van der Waals surface area contributed by atoms with Gasteiger partial charge in [-0.05, 0) is 31.9 Å². The summed E-state index contributed by atoms with van der Waals surface area (Å²) in [5, 5.41) is 3.16. The molecule has 3 heteroatoms. The van der Waals surface area contributed by atoms with Crippen molar-refractivity contribution in [2.75, 3.05) is 18.9 Å². The van der Waals surface area contributed by atoms with Gasteiger partial charge in [0.05, 0.1) is 0 Å². The molecule has 1 N–H and O–H groups in total. The monoisotopic (exact) mass is 219 g/mol. The van der Waals surface area contributed by atoms with Gasteiger partial charge in [0.2, 0.25) is 0 Å². The molecule has 1 atom stereocenters. The van der Waals surface area contributed by atoms with Crippen LogP contribution in [0.3, 0.4) is 0 Å². The minimum atomic E-state index is 0.768. The fraction of sp³-hybridized carbons (Fsp3) is 0.615. The smallest absolute Gasteiger partial charge is 0.130 e. The van der Waals surface area contributed by atoms with Gasteiger partial charge >= 0.3 is 0 Å². The van der Waals surface area contributed by atoms with Crippen LogP contribution in [-0.4, -0.2) is 29.5 Å². The second kappa shape index (κ2) is 5.30. The lowest BCUT2D eigenvalue weighted by molar-refractivity contribution is 0.240. The van der Waals surface area contributed by atoms with Gasteiger partial charge in [0.25, 0.3) is 0 Å². The summed E-state index contributed by atoms with van der Waals surface area (Å²) in [5.74, 6) is 1.02. The summed E-state index contributed by atoms with van der Waals surface area (Å²) in [6.45, 7) is 4.55. The number of nitrogens with zero attached hydrogens (tertiary/aromatic N) is 2. The molecule has 1 fully saturated rings. The van der Waals surface area contributed by atoms with E-state index in [-0.39, 0.29) is 0 Å². The number of rotatable bonds is 4. The van der Waals surface area contributed by atoms with E-state index in [4.69, 9.17) is 0 Å². The van der Waals surface area contributed by atoms with Crippen LogP contribution in [0.1, 0.15) is 31.7 Å². The molecule has 0 radical (unpaired) electrons. The third-order valence-corrected chi connectivity index (χ3v) is 3.47. The van der Waals surface area contributed by atoms with Gasteiger partial charge < -0.3 is 5.32 Å². The number of anilines is 1.